The second-order valence-corrected chi connectivity index (χ2v) is 3.46. The van der Waals surface area contributed by atoms with E-state index < -0.39 is 0 Å². The fraction of sp³-hybridized carbons (Fsp3) is 0.900. The molecule has 4 nitrogen and oxygen atoms in total. The van der Waals surface area contributed by atoms with Crippen LogP contribution in [0.1, 0.15) is 39.5 Å². The first kappa shape index (κ1) is 13.4. The van der Waals surface area contributed by atoms with Crippen LogP contribution in [0.3, 0.4) is 0 Å². The second kappa shape index (κ2) is 8.97. The van der Waals surface area contributed by atoms with Gasteiger partial charge in [-0.05, 0) is 32.5 Å². The highest BCUT2D eigenvalue weighted by molar-refractivity contribution is 5.75. The maximum atomic E-state index is 10.8. The summed E-state index contributed by atoms with van der Waals surface area (Å²) in [5.74, 6) is 4.92. The molecule has 0 aliphatic carbocycles. The first-order valence-corrected chi connectivity index (χ1v) is 5.46. The molecule has 3 N–H and O–H groups in total. The SMILES string of the molecule is CCCCN(CC)CCCC(=O)NN. The third-order valence-electron chi connectivity index (χ3n) is 2.31. The zero-order valence-corrected chi connectivity index (χ0v) is 9.38. The Kier molecular flexibility index (Phi) is 8.57. The van der Waals surface area contributed by atoms with E-state index in [4.69, 9.17) is 5.84 Å². The summed E-state index contributed by atoms with van der Waals surface area (Å²) in [5.41, 5.74) is 2.14. The molecule has 0 unspecified atom stereocenters. The Balaban J connectivity index is 3.46. The molecule has 0 aromatic rings. The van der Waals surface area contributed by atoms with Crippen LogP contribution in [0.25, 0.3) is 0 Å². The smallest absolute Gasteiger partial charge is 0.233 e. The second-order valence-electron chi connectivity index (χ2n) is 3.46. The van der Waals surface area contributed by atoms with Crippen molar-refractivity contribution in [2.45, 2.75) is 39.5 Å². The highest BCUT2D eigenvalue weighted by Gasteiger charge is 2.03. The van der Waals surface area contributed by atoms with Gasteiger partial charge in [0.05, 0.1) is 0 Å². The molecule has 0 saturated heterocycles. The summed E-state index contributed by atoms with van der Waals surface area (Å²) in [6.45, 7) is 7.53. The van der Waals surface area contributed by atoms with Crippen LogP contribution in [0.5, 0.6) is 0 Å². The van der Waals surface area contributed by atoms with E-state index in [1.807, 2.05) is 0 Å². The summed E-state index contributed by atoms with van der Waals surface area (Å²) in [7, 11) is 0. The Hall–Kier alpha value is -0.610. The van der Waals surface area contributed by atoms with Crippen LogP contribution in [0.15, 0.2) is 0 Å². The van der Waals surface area contributed by atoms with E-state index in [0.29, 0.717) is 6.42 Å². The standard InChI is InChI=1S/C10H23N3O/c1-3-5-8-13(4-2)9-6-7-10(14)12-11/h3-9,11H2,1-2H3,(H,12,14). The molecule has 0 spiro atoms. The molecule has 0 heterocycles. The topological polar surface area (TPSA) is 58.4 Å². The van der Waals surface area contributed by atoms with E-state index in [-0.39, 0.29) is 5.91 Å². The lowest BCUT2D eigenvalue weighted by Gasteiger charge is -2.19. The molecule has 0 aliphatic heterocycles. The van der Waals surface area contributed by atoms with Gasteiger partial charge < -0.3 is 4.90 Å². The van der Waals surface area contributed by atoms with Gasteiger partial charge in [0, 0.05) is 6.42 Å². The number of hydrogen-bond donors (Lipinski definition) is 2. The predicted octanol–water partition coefficient (Wildman–Crippen LogP) is 0.879. The Labute approximate surface area is 86.8 Å². The number of unbranched alkanes of at least 4 members (excludes halogenated alkanes) is 1. The number of nitrogens with zero attached hydrogens (tertiary/aromatic N) is 1. The molecule has 0 aliphatic rings. The molecule has 0 fully saturated rings. The quantitative estimate of drug-likeness (QED) is 0.348. The molecule has 0 radical (unpaired) electrons. The maximum Gasteiger partial charge on any atom is 0.233 e. The number of hydrogen-bond acceptors (Lipinski definition) is 3. The van der Waals surface area contributed by atoms with Gasteiger partial charge in [0.2, 0.25) is 5.91 Å². The van der Waals surface area contributed by atoms with E-state index in [1.165, 1.54) is 12.8 Å². The minimum atomic E-state index is -0.0726. The van der Waals surface area contributed by atoms with Crippen LogP contribution < -0.4 is 11.3 Å². The first-order chi connectivity index (χ1) is 6.74. The summed E-state index contributed by atoms with van der Waals surface area (Å²) in [5, 5.41) is 0. The zero-order chi connectivity index (χ0) is 10.8. The van der Waals surface area contributed by atoms with Gasteiger partial charge >= 0.3 is 0 Å². The molecule has 14 heavy (non-hydrogen) atoms. The van der Waals surface area contributed by atoms with Crippen LogP contribution in [0.2, 0.25) is 0 Å². The predicted molar refractivity (Wildman–Crippen MR) is 58.6 cm³/mol. The van der Waals surface area contributed by atoms with E-state index in [2.05, 4.69) is 24.2 Å². The van der Waals surface area contributed by atoms with Gasteiger partial charge in [-0.2, -0.15) is 0 Å². The summed E-state index contributed by atoms with van der Waals surface area (Å²) in [6, 6.07) is 0. The van der Waals surface area contributed by atoms with E-state index >= 15 is 0 Å². The normalized spacial score (nSPS) is 10.6. The molecule has 4 heteroatoms. The van der Waals surface area contributed by atoms with E-state index in [1.54, 1.807) is 0 Å². The molecule has 1 amide bonds. The minimum Gasteiger partial charge on any atom is -0.304 e. The van der Waals surface area contributed by atoms with Crippen LogP contribution in [-0.4, -0.2) is 30.4 Å². The number of rotatable bonds is 8. The summed E-state index contributed by atoms with van der Waals surface area (Å²) in [6.07, 6.45) is 3.87. The van der Waals surface area contributed by atoms with Gasteiger partial charge in [-0.3, -0.25) is 10.2 Å². The van der Waals surface area contributed by atoms with Gasteiger partial charge in [-0.25, -0.2) is 5.84 Å². The Morgan fingerprint density at radius 3 is 2.43 bits per heavy atom. The third-order valence-corrected chi connectivity index (χ3v) is 2.31. The van der Waals surface area contributed by atoms with Crippen LogP contribution in [0.4, 0.5) is 0 Å². The van der Waals surface area contributed by atoms with Crippen molar-refractivity contribution in [2.75, 3.05) is 19.6 Å². The fourth-order valence-corrected chi connectivity index (χ4v) is 1.35. The lowest BCUT2D eigenvalue weighted by molar-refractivity contribution is -0.121. The van der Waals surface area contributed by atoms with Gasteiger partial charge in [0.15, 0.2) is 0 Å². The van der Waals surface area contributed by atoms with Crippen molar-refractivity contribution in [3.63, 3.8) is 0 Å². The van der Waals surface area contributed by atoms with Crippen molar-refractivity contribution in [3.8, 4) is 0 Å². The largest absolute Gasteiger partial charge is 0.304 e. The zero-order valence-electron chi connectivity index (χ0n) is 9.38. The number of amides is 1. The van der Waals surface area contributed by atoms with Crippen molar-refractivity contribution in [3.05, 3.63) is 0 Å². The lowest BCUT2D eigenvalue weighted by atomic mass is 10.2. The Morgan fingerprint density at radius 1 is 1.29 bits per heavy atom. The molecule has 0 saturated carbocycles. The van der Waals surface area contributed by atoms with Crippen molar-refractivity contribution < 1.29 is 4.79 Å². The number of nitrogens with two attached hydrogens (primary N) is 1. The number of carbonyl (C=O) groups is 1. The van der Waals surface area contributed by atoms with Gasteiger partial charge in [0.1, 0.15) is 0 Å². The van der Waals surface area contributed by atoms with Gasteiger partial charge in [0.25, 0.3) is 0 Å². The molecule has 0 bridgehead atoms. The van der Waals surface area contributed by atoms with E-state index in [9.17, 15) is 4.79 Å². The fourth-order valence-electron chi connectivity index (χ4n) is 1.35. The maximum absolute atomic E-state index is 10.8. The average molecular weight is 201 g/mol. The molecular weight excluding hydrogens is 178 g/mol. The highest BCUT2D eigenvalue weighted by Crippen LogP contribution is 1.98. The van der Waals surface area contributed by atoms with Crippen molar-refractivity contribution >= 4 is 5.91 Å². The minimum absolute atomic E-state index is 0.0726. The Bertz CT molecular complexity index is 150. The Morgan fingerprint density at radius 2 is 1.93 bits per heavy atom. The van der Waals surface area contributed by atoms with Crippen molar-refractivity contribution in [1.82, 2.24) is 10.3 Å². The molecule has 84 valence electrons. The number of carbonyl (C=O) groups excluding carboxylic acids is 1. The number of nitrogens with one attached hydrogen (secondary N) is 1. The van der Waals surface area contributed by atoms with Crippen LogP contribution in [0, 0.1) is 0 Å². The molecular formula is C10H23N3O. The summed E-state index contributed by atoms with van der Waals surface area (Å²) in [4.78, 5) is 13.2. The molecule has 0 rings (SSSR count). The van der Waals surface area contributed by atoms with Gasteiger partial charge in [-0.1, -0.05) is 20.3 Å². The highest BCUT2D eigenvalue weighted by atomic mass is 16.2. The van der Waals surface area contributed by atoms with Crippen LogP contribution >= 0.6 is 0 Å². The van der Waals surface area contributed by atoms with Gasteiger partial charge in [-0.15, -0.1) is 0 Å². The van der Waals surface area contributed by atoms with Crippen molar-refractivity contribution in [1.29, 1.82) is 0 Å². The summed E-state index contributed by atoms with van der Waals surface area (Å²) >= 11 is 0. The summed E-state index contributed by atoms with van der Waals surface area (Å²) < 4.78 is 0. The monoisotopic (exact) mass is 201 g/mol. The van der Waals surface area contributed by atoms with Crippen molar-refractivity contribution in [2.24, 2.45) is 5.84 Å². The van der Waals surface area contributed by atoms with Crippen LogP contribution in [-0.2, 0) is 4.79 Å². The molecule has 0 atom stereocenters. The third kappa shape index (κ3) is 6.86. The van der Waals surface area contributed by atoms with E-state index in [0.717, 1.165) is 26.1 Å². The first-order valence-electron chi connectivity index (χ1n) is 5.46. The lowest BCUT2D eigenvalue weighted by Crippen LogP contribution is -2.31. The molecule has 0 aromatic heterocycles. The molecule has 0 aromatic carbocycles. The number of hydrazine groups is 1. The average Bonchev–Trinajstić information content (AvgIpc) is 2.22.